The molecule has 0 aliphatic heterocycles. The van der Waals surface area contributed by atoms with Gasteiger partial charge < -0.3 is 0 Å². The minimum absolute atomic E-state index is 0.535. The predicted molar refractivity (Wildman–Crippen MR) is 25.0 cm³/mol. The lowest BCUT2D eigenvalue weighted by molar-refractivity contribution is 0.00119. The molecule has 0 bridgehead atoms. The monoisotopic (exact) mass is 143 g/mol. The quantitative estimate of drug-likeness (QED) is 0.438. The van der Waals surface area contributed by atoms with E-state index < -0.39 is 11.4 Å². The topological polar surface area (TPSA) is 29.1 Å². The van der Waals surface area contributed by atoms with E-state index in [0.29, 0.717) is 6.92 Å². The molecule has 2 nitrogen and oxygen atoms in total. The Morgan fingerprint density at radius 3 is 2.12 bits per heavy atom. The number of hydrogen-bond donors (Lipinski definition) is 1. The molecule has 0 rings (SSSR count). The van der Waals surface area contributed by atoms with Crippen molar-refractivity contribution in [2.24, 2.45) is 0 Å². The average Bonchev–Trinajstić information content (AvgIpc) is 1.21. The van der Waals surface area contributed by atoms with Gasteiger partial charge in [0.2, 0.25) is 0 Å². The zero-order chi connectivity index (χ0) is 6.78. The largest absolute Gasteiger partial charge is 0.323 e. The van der Waals surface area contributed by atoms with Gasteiger partial charge in [0.15, 0.2) is 0 Å². The summed E-state index contributed by atoms with van der Waals surface area (Å²) in [6.45, 7) is 0.535. The Bertz CT molecular complexity index is 99.9. The van der Waals surface area contributed by atoms with Crippen molar-refractivity contribution in [2.45, 2.75) is 13.0 Å². The lowest BCUT2D eigenvalue weighted by atomic mass is 10.6. The van der Waals surface area contributed by atoms with Gasteiger partial charge >= 0.3 is 11.4 Å². The predicted octanol–water partition coefficient (Wildman–Crippen LogP) is 1.55. The first-order valence-corrected chi connectivity index (χ1v) is 2.15. The summed E-state index contributed by atoms with van der Waals surface area (Å²) in [6.07, 6.45) is 0. The molecule has 48 valence electrons. The van der Waals surface area contributed by atoms with Crippen molar-refractivity contribution in [3.63, 3.8) is 0 Å². The van der Waals surface area contributed by atoms with E-state index in [-0.39, 0.29) is 0 Å². The fourth-order valence-electron chi connectivity index (χ4n) is 0.173. The van der Waals surface area contributed by atoms with E-state index in [1.54, 1.807) is 0 Å². The lowest BCUT2D eigenvalue weighted by Gasteiger charge is -2.07. The smallest absolute Gasteiger partial charge is 0.284 e. The van der Waals surface area contributed by atoms with Crippen molar-refractivity contribution in [3.05, 3.63) is 0 Å². The van der Waals surface area contributed by atoms with E-state index in [2.05, 4.69) is 11.6 Å². The first-order valence-electron chi connectivity index (χ1n) is 1.77. The molecule has 5 heteroatoms. The molecule has 0 radical (unpaired) electrons. The van der Waals surface area contributed by atoms with Crippen LogP contribution in [-0.4, -0.2) is 11.4 Å². The van der Waals surface area contributed by atoms with Crippen molar-refractivity contribution in [2.75, 3.05) is 0 Å². The van der Waals surface area contributed by atoms with E-state index in [1.165, 1.54) is 5.32 Å². The van der Waals surface area contributed by atoms with Crippen LogP contribution in [0.1, 0.15) is 6.92 Å². The summed E-state index contributed by atoms with van der Waals surface area (Å²) in [7, 11) is 0. The molecular weight excluding hydrogens is 139 g/mol. The normalized spacial score (nSPS) is 11.0. The highest BCUT2D eigenvalue weighted by atomic mass is 35.5. The molecule has 1 N–H and O–H groups in total. The maximum Gasteiger partial charge on any atom is 0.323 e. The fourth-order valence-corrected chi connectivity index (χ4v) is 0.338. The Hall–Kier alpha value is -0.380. The number of nitrogens with one attached hydrogen (secondary N) is 1. The molecule has 8 heavy (non-hydrogen) atoms. The number of hydrogen-bond acceptors (Lipinski definition) is 1. The third-order valence-electron chi connectivity index (χ3n) is 0.318. The molecule has 0 atom stereocenters. The first kappa shape index (κ1) is 7.62. The van der Waals surface area contributed by atoms with E-state index in [1.807, 2.05) is 0 Å². The number of carbonyl (C=O) groups excluding carboxylic acids is 1. The summed E-state index contributed by atoms with van der Waals surface area (Å²) in [6, 6.07) is -3.21. The average molecular weight is 144 g/mol. The molecule has 0 unspecified atom stereocenters. The Morgan fingerprint density at radius 1 is 1.75 bits per heavy atom. The maximum absolute atomic E-state index is 11.6. The third kappa shape index (κ3) is 5.62. The summed E-state index contributed by atoms with van der Waals surface area (Å²) in [5.41, 5.74) is 0. The summed E-state index contributed by atoms with van der Waals surface area (Å²) in [5, 5.41) is -0.0772. The molecule has 0 saturated heterocycles. The van der Waals surface area contributed by atoms with Crippen LogP contribution in [0.2, 0.25) is 0 Å². The van der Waals surface area contributed by atoms with Gasteiger partial charge in [-0.15, -0.1) is 0 Å². The van der Waals surface area contributed by atoms with Crippen LogP contribution in [0.4, 0.5) is 13.6 Å². The van der Waals surface area contributed by atoms with Crippen molar-refractivity contribution in [3.8, 4) is 0 Å². The zero-order valence-corrected chi connectivity index (χ0v) is 4.80. The van der Waals surface area contributed by atoms with Crippen LogP contribution in [0.3, 0.4) is 0 Å². The number of amides is 1. The minimum atomic E-state index is -3.21. The second kappa shape index (κ2) is 2.26. The van der Waals surface area contributed by atoms with Gasteiger partial charge in [0.1, 0.15) is 0 Å². The van der Waals surface area contributed by atoms with Gasteiger partial charge in [-0.25, -0.2) is 0 Å². The van der Waals surface area contributed by atoms with Gasteiger partial charge in [0, 0.05) is 6.92 Å². The summed E-state index contributed by atoms with van der Waals surface area (Å²) < 4.78 is 23.1. The van der Waals surface area contributed by atoms with E-state index in [9.17, 15) is 13.6 Å². The zero-order valence-electron chi connectivity index (χ0n) is 4.04. The molecule has 0 saturated carbocycles. The van der Waals surface area contributed by atoms with Crippen molar-refractivity contribution >= 4 is 17.0 Å². The van der Waals surface area contributed by atoms with Gasteiger partial charge in [0.05, 0.1) is 0 Å². The fraction of sp³-hybridized carbons (Fsp3) is 0.667. The summed E-state index contributed by atoms with van der Waals surface area (Å²) >= 11 is 4.53. The van der Waals surface area contributed by atoms with Crippen LogP contribution in [0, 0.1) is 0 Å². The van der Waals surface area contributed by atoms with Crippen LogP contribution in [-0.2, 0) is 0 Å². The van der Waals surface area contributed by atoms with E-state index in [4.69, 9.17) is 0 Å². The minimum Gasteiger partial charge on any atom is -0.284 e. The molecular formula is C3H4ClF2NO. The summed E-state index contributed by atoms with van der Waals surface area (Å²) in [4.78, 5) is 9.63. The molecule has 0 aromatic carbocycles. The van der Waals surface area contributed by atoms with Gasteiger partial charge in [-0.1, -0.05) is 0 Å². The SMILES string of the molecule is CC(F)(F)NC(=O)Cl. The van der Waals surface area contributed by atoms with Crippen LogP contribution in [0.25, 0.3) is 0 Å². The maximum atomic E-state index is 11.6. The molecule has 0 aliphatic rings. The van der Waals surface area contributed by atoms with Crippen molar-refractivity contribution < 1.29 is 13.6 Å². The Balaban J connectivity index is 3.55. The first-order chi connectivity index (χ1) is 3.42. The van der Waals surface area contributed by atoms with E-state index in [0.717, 1.165) is 0 Å². The number of halogens is 3. The molecule has 0 heterocycles. The molecule has 1 amide bonds. The Morgan fingerprint density at radius 2 is 2.12 bits per heavy atom. The molecule has 0 aromatic heterocycles. The van der Waals surface area contributed by atoms with Crippen LogP contribution in [0.15, 0.2) is 0 Å². The third-order valence-corrected chi connectivity index (χ3v) is 0.412. The Kier molecular flexibility index (Phi) is 2.15. The van der Waals surface area contributed by atoms with Crippen LogP contribution in [0.5, 0.6) is 0 Å². The van der Waals surface area contributed by atoms with Crippen molar-refractivity contribution in [1.82, 2.24) is 5.32 Å². The van der Waals surface area contributed by atoms with Crippen LogP contribution >= 0.6 is 11.6 Å². The van der Waals surface area contributed by atoms with Crippen LogP contribution < -0.4 is 5.32 Å². The number of carbonyl (C=O) groups is 1. The summed E-state index contributed by atoms with van der Waals surface area (Å²) in [5.74, 6) is 0. The second-order valence-electron chi connectivity index (χ2n) is 1.29. The molecule has 0 aliphatic carbocycles. The molecule has 0 aromatic rings. The van der Waals surface area contributed by atoms with Gasteiger partial charge in [-0.2, -0.15) is 8.78 Å². The molecule has 0 fully saturated rings. The highest BCUT2D eigenvalue weighted by molar-refractivity contribution is 6.63. The number of alkyl halides is 2. The van der Waals surface area contributed by atoms with E-state index >= 15 is 0 Å². The standard InChI is InChI=1S/C3H4ClF2NO/c1-3(5,6)7-2(4)8/h1H3,(H,7,8). The highest BCUT2D eigenvalue weighted by Gasteiger charge is 2.21. The van der Waals surface area contributed by atoms with Crippen molar-refractivity contribution in [1.29, 1.82) is 0 Å². The Labute approximate surface area is 49.8 Å². The number of rotatable bonds is 1. The lowest BCUT2D eigenvalue weighted by Crippen LogP contribution is -2.34. The molecule has 0 spiro atoms. The van der Waals surface area contributed by atoms with Gasteiger partial charge in [0.25, 0.3) is 0 Å². The van der Waals surface area contributed by atoms with Gasteiger partial charge in [-0.3, -0.25) is 10.1 Å². The second-order valence-corrected chi connectivity index (χ2v) is 1.63. The van der Waals surface area contributed by atoms with Gasteiger partial charge in [-0.05, 0) is 11.6 Å². The highest BCUT2D eigenvalue weighted by Crippen LogP contribution is 2.05.